The third kappa shape index (κ3) is 3.16. The third-order valence-electron chi connectivity index (χ3n) is 5.79. The second-order valence-electron chi connectivity index (χ2n) is 7.72. The van der Waals surface area contributed by atoms with Crippen LogP contribution < -0.4 is 10.2 Å². The lowest BCUT2D eigenvalue weighted by Gasteiger charge is -2.17. The molecule has 2 aromatic carbocycles. The summed E-state index contributed by atoms with van der Waals surface area (Å²) in [4.78, 5) is 26.9. The van der Waals surface area contributed by atoms with E-state index in [2.05, 4.69) is 5.32 Å². The number of benzene rings is 2. The van der Waals surface area contributed by atoms with Crippen molar-refractivity contribution in [2.24, 2.45) is 5.92 Å². The van der Waals surface area contributed by atoms with Crippen LogP contribution in [0.3, 0.4) is 0 Å². The average molecular weight is 404 g/mol. The first-order valence-corrected chi connectivity index (χ1v) is 10.1. The van der Waals surface area contributed by atoms with Crippen LogP contribution in [0.15, 0.2) is 54.6 Å². The number of hydrogen-bond acceptors (Lipinski definition) is 3. The highest BCUT2D eigenvalue weighted by Gasteiger charge is 2.37. The lowest BCUT2D eigenvalue weighted by Crippen LogP contribution is -2.29. The Bertz CT molecular complexity index is 1130. The molecule has 30 heavy (non-hydrogen) atoms. The summed E-state index contributed by atoms with van der Waals surface area (Å²) in [6.07, 6.45) is 2.82. The molecule has 1 atom stereocenters. The minimum absolute atomic E-state index is 0.0574. The summed E-state index contributed by atoms with van der Waals surface area (Å²) in [7, 11) is 0. The molecule has 0 spiro atoms. The summed E-state index contributed by atoms with van der Waals surface area (Å²) in [6, 6.07) is 15.8. The molecule has 0 radical (unpaired) electrons. The van der Waals surface area contributed by atoms with Gasteiger partial charge in [-0.1, -0.05) is 30.3 Å². The second kappa shape index (κ2) is 7.40. The van der Waals surface area contributed by atoms with Crippen molar-refractivity contribution in [2.75, 3.05) is 16.8 Å². The average Bonchev–Trinajstić information content (AvgIpc) is 3.45. The maximum Gasteiger partial charge on any atom is 0.230 e. The summed E-state index contributed by atoms with van der Waals surface area (Å²) in [5.41, 5.74) is 3.15. The van der Waals surface area contributed by atoms with Gasteiger partial charge in [-0.2, -0.15) is 5.10 Å². The Morgan fingerprint density at radius 2 is 1.83 bits per heavy atom. The fourth-order valence-electron chi connectivity index (χ4n) is 4.28. The number of nitrogens with one attached hydrogen (secondary N) is 1. The van der Waals surface area contributed by atoms with Crippen molar-refractivity contribution >= 4 is 23.3 Å². The Morgan fingerprint density at radius 1 is 1.07 bits per heavy atom. The van der Waals surface area contributed by atoms with E-state index in [0.717, 1.165) is 36.2 Å². The normalized spacial score (nSPS) is 18.0. The number of aryl methyl sites for hydroxylation is 1. The standard InChI is InChI=1S/C23H21FN4O2/c24-18-10-4-5-12-20(18)27-14-15(13-21(27)29)23(30)25-22-17-9-6-11-19(17)26-28(22)16-7-2-1-3-8-16/h1-5,7-8,10,12,15H,6,9,11,13-14H2,(H,25,30). The first-order valence-electron chi connectivity index (χ1n) is 10.1. The number of anilines is 2. The second-order valence-corrected chi connectivity index (χ2v) is 7.72. The highest BCUT2D eigenvalue weighted by Crippen LogP contribution is 2.33. The molecule has 0 bridgehead atoms. The highest BCUT2D eigenvalue weighted by atomic mass is 19.1. The van der Waals surface area contributed by atoms with E-state index >= 15 is 0 Å². The summed E-state index contributed by atoms with van der Waals surface area (Å²) in [5.74, 6) is -0.827. The molecule has 2 aliphatic rings. The van der Waals surface area contributed by atoms with Gasteiger partial charge in [-0.3, -0.25) is 9.59 Å². The van der Waals surface area contributed by atoms with Gasteiger partial charge in [-0.25, -0.2) is 9.07 Å². The molecule has 1 saturated heterocycles. The van der Waals surface area contributed by atoms with E-state index in [9.17, 15) is 14.0 Å². The zero-order valence-electron chi connectivity index (χ0n) is 16.3. The SMILES string of the molecule is O=C(Nc1c2c(nn1-c1ccccc1)CCC2)C1CC(=O)N(c2ccccc2F)C1. The smallest absolute Gasteiger partial charge is 0.230 e. The van der Waals surface area contributed by atoms with Crippen molar-refractivity contribution in [3.8, 4) is 5.69 Å². The Kier molecular flexibility index (Phi) is 4.58. The molecule has 1 N–H and O–H groups in total. The molecule has 0 saturated carbocycles. The Hall–Kier alpha value is -3.48. The maximum absolute atomic E-state index is 14.1. The van der Waals surface area contributed by atoms with Gasteiger partial charge in [-0.15, -0.1) is 0 Å². The van der Waals surface area contributed by atoms with E-state index in [-0.39, 0.29) is 30.5 Å². The van der Waals surface area contributed by atoms with Gasteiger partial charge in [0.25, 0.3) is 0 Å². The van der Waals surface area contributed by atoms with Crippen LogP contribution >= 0.6 is 0 Å². The van der Waals surface area contributed by atoms with Crippen LogP contribution in [0.1, 0.15) is 24.1 Å². The minimum atomic E-state index is -0.548. The molecule has 1 fully saturated rings. The van der Waals surface area contributed by atoms with Crippen molar-refractivity contribution < 1.29 is 14.0 Å². The molecule has 7 heteroatoms. The van der Waals surface area contributed by atoms with Gasteiger partial charge in [0, 0.05) is 18.5 Å². The van der Waals surface area contributed by atoms with Crippen molar-refractivity contribution in [1.29, 1.82) is 0 Å². The van der Waals surface area contributed by atoms with E-state index in [1.54, 1.807) is 22.9 Å². The minimum Gasteiger partial charge on any atom is -0.310 e. The van der Waals surface area contributed by atoms with Gasteiger partial charge in [-0.05, 0) is 43.5 Å². The Balaban J connectivity index is 1.40. The van der Waals surface area contributed by atoms with Crippen molar-refractivity contribution in [3.05, 3.63) is 71.7 Å². The molecule has 6 nitrogen and oxygen atoms in total. The summed E-state index contributed by atoms with van der Waals surface area (Å²) < 4.78 is 15.9. The quantitative estimate of drug-likeness (QED) is 0.724. The number of amides is 2. The number of para-hydroxylation sites is 2. The van der Waals surface area contributed by atoms with Gasteiger partial charge in [0.1, 0.15) is 11.6 Å². The lowest BCUT2D eigenvalue weighted by molar-refractivity contribution is -0.122. The molecule has 3 aromatic rings. The van der Waals surface area contributed by atoms with E-state index in [4.69, 9.17) is 5.10 Å². The number of hydrogen-bond donors (Lipinski definition) is 1. The number of rotatable bonds is 4. The topological polar surface area (TPSA) is 67.2 Å². The summed E-state index contributed by atoms with van der Waals surface area (Å²) in [6.45, 7) is 0.160. The molecular formula is C23H21FN4O2. The fraction of sp³-hybridized carbons (Fsp3) is 0.261. The molecule has 1 unspecified atom stereocenters. The van der Waals surface area contributed by atoms with E-state index in [1.807, 2.05) is 30.3 Å². The number of carbonyl (C=O) groups is 2. The molecule has 1 aromatic heterocycles. The zero-order valence-corrected chi connectivity index (χ0v) is 16.3. The van der Waals surface area contributed by atoms with Crippen LogP contribution in [0, 0.1) is 11.7 Å². The van der Waals surface area contributed by atoms with Crippen molar-refractivity contribution in [1.82, 2.24) is 9.78 Å². The first-order chi connectivity index (χ1) is 14.6. The van der Waals surface area contributed by atoms with Crippen LogP contribution in [0.5, 0.6) is 0 Å². The Labute approximate surface area is 173 Å². The molecule has 5 rings (SSSR count). The molecule has 2 amide bonds. The highest BCUT2D eigenvalue weighted by molar-refractivity contribution is 6.03. The molecule has 1 aliphatic heterocycles. The van der Waals surface area contributed by atoms with Crippen LogP contribution in [-0.2, 0) is 22.4 Å². The molecule has 2 heterocycles. The van der Waals surface area contributed by atoms with Gasteiger partial charge in [0.2, 0.25) is 11.8 Å². The van der Waals surface area contributed by atoms with Gasteiger partial charge < -0.3 is 10.2 Å². The van der Waals surface area contributed by atoms with Gasteiger partial charge >= 0.3 is 0 Å². The lowest BCUT2D eigenvalue weighted by atomic mass is 10.1. The zero-order chi connectivity index (χ0) is 20.7. The van der Waals surface area contributed by atoms with Crippen LogP contribution in [-0.4, -0.2) is 28.1 Å². The number of carbonyl (C=O) groups excluding carboxylic acids is 2. The first kappa shape index (κ1) is 18.5. The van der Waals surface area contributed by atoms with Crippen LogP contribution in [0.4, 0.5) is 15.9 Å². The van der Waals surface area contributed by atoms with E-state index in [0.29, 0.717) is 5.82 Å². The predicted molar refractivity (Wildman–Crippen MR) is 111 cm³/mol. The number of aromatic nitrogens is 2. The third-order valence-corrected chi connectivity index (χ3v) is 5.79. The predicted octanol–water partition coefficient (Wildman–Crippen LogP) is 3.49. The summed E-state index contributed by atoms with van der Waals surface area (Å²) in [5, 5.41) is 7.73. The Morgan fingerprint density at radius 3 is 2.63 bits per heavy atom. The van der Waals surface area contributed by atoms with Crippen molar-refractivity contribution in [3.63, 3.8) is 0 Å². The number of halogens is 1. The van der Waals surface area contributed by atoms with Crippen molar-refractivity contribution in [2.45, 2.75) is 25.7 Å². The summed E-state index contributed by atoms with van der Waals surface area (Å²) >= 11 is 0. The monoisotopic (exact) mass is 404 g/mol. The van der Waals surface area contributed by atoms with Gasteiger partial charge in [0.15, 0.2) is 0 Å². The number of fused-ring (bicyclic) bond motifs is 1. The van der Waals surface area contributed by atoms with Crippen LogP contribution in [0.25, 0.3) is 5.69 Å². The van der Waals surface area contributed by atoms with E-state index < -0.39 is 11.7 Å². The van der Waals surface area contributed by atoms with Gasteiger partial charge in [0.05, 0.1) is 23.0 Å². The van der Waals surface area contributed by atoms with Crippen LogP contribution in [0.2, 0.25) is 0 Å². The fourth-order valence-corrected chi connectivity index (χ4v) is 4.28. The molecule has 1 aliphatic carbocycles. The molecule has 152 valence electrons. The largest absolute Gasteiger partial charge is 0.310 e. The maximum atomic E-state index is 14.1. The van der Waals surface area contributed by atoms with E-state index in [1.165, 1.54) is 11.0 Å². The molecular weight excluding hydrogens is 383 g/mol. The number of nitrogens with zero attached hydrogens (tertiary/aromatic N) is 3.